The average molecular weight is 299 g/mol. The van der Waals surface area contributed by atoms with Crippen LogP contribution in [0.1, 0.15) is 20.9 Å². The normalized spacial score (nSPS) is 10.4. The Bertz CT molecular complexity index is 591. The number of hydrogen-bond donors (Lipinski definition) is 2. The molecule has 0 spiro atoms. The largest absolute Gasteiger partial charge is 0.298 e. The molecular weight excluding hydrogens is 288 g/mol. The third-order valence-electron chi connectivity index (χ3n) is 2.44. The standard InChI is InChI=1S/C12H11ClN2OS2/c1-6-7(2)18-12(14-6)15-11(16)9-5-8(17)3-4-10(9)13/h3-5,17H,1-2H3,(H,14,15,16). The molecule has 0 saturated heterocycles. The number of amides is 1. The molecule has 0 unspecified atom stereocenters. The molecular formula is C12H11ClN2OS2. The van der Waals surface area contributed by atoms with Gasteiger partial charge in [-0.2, -0.15) is 0 Å². The highest BCUT2D eigenvalue weighted by molar-refractivity contribution is 7.80. The van der Waals surface area contributed by atoms with Gasteiger partial charge in [0.05, 0.1) is 16.3 Å². The van der Waals surface area contributed by atoms with Crippen LogP contribution in [-0.4, -0.2) is 10.9 Å². The number of nitrogens with one attached hydrogen (secondary N) is 1. The number of anilines is 1. The minimum atomic E-state index is -0.273. The molecule has 0 atom stereocenters. The second-order valence-corrected chi connectivity index (χ2v) is 5.91. The summed E-state index contributed by atoms with van der Waals surface area (Å²) < 4.78 is 0. The van der Waals surface area contributed by atoms with Gasteiger partial charge in [0.15, 0.2) is 5.13 Å². The third-order valence-corrected chi connectivity index (χ3v) is 4.04. The van der Waals surface area contributed by atoms with E-state index in [4.69, 9.17) is 11.6 Å². The molecule has 0 aliphatic carbocycles. The second kappa shape index (κ2) is 5.30. The maximum Gasteiger partial charge on any atom is 0.258 e. The molecule has 0 fully saturated rings. The monoisotopic (exact) mass is 298 g/mol. The van der Waals surface area contributed by atoms with Crippen molar-refractivity contribution in [2.45, 2.75) is 18.7 Å². The van der Waals surface area contributed by atoms with E-state index in [2.05, 4.69) is 22.9 Å². The molecule has 0 aliphatic heterocycles. The van der Waals surface area contributed by atoms with Gasteiger partial charge in [-0.05, 0) is 32.0 Å². The van der Waals surface area contributed by atoms with E-state index >= 15 is 0 Å². The Kier molecular flexibility index (Phi) is 3.94. The molecule has 1 aromatic heterocycles. The van der Waals surface area contributed by atoms with Crippen LogP contribution in [0.15, 0.2) is 23.1 Å². The Labute approximate surface area is 120 Å². The number of benzene rings is 1. The zero-order valence-electron chi connectivity index (χ0n) is 9.82. The Morgan fingerprint density at radius 2 is 2.17 bits per heavy atom. The molecule has 3 nitrogen and oxygen atoms in total. The Morgan fingerprint density at radius 3 is 2.78 bits per heavy atom. The quantitative estimate of drug-likeness (QED) is 0.824. The predicted molar refractivity (Wildman–Crippen MR) is 78.2 cm³/mol. The van der Waals surface area contributed by atoms with Gasteiger partial charge in [-0.25, -0.2) is 4.98 Å². The van der Waals surface area contributed by atoms with Crippen LogP contribution in [0.5, 0.6) is 0 Å². The summed E-state index contributed by atoms with van der Waals surface area (Å²) in [5.41, 5.74) is 1.32. The molecule has 18 heavy (non-hydrogen) atoms. The van der Waals surface area contributed by atoms with E-state index in [1.165, 1.54) is 11.3 Å². The van der Waals surface area contributed by atoms with Crippen LogP contribution in [0.3, 0.4) is 0 Å². The fourth-order valence-corrected chi connectivity index (χ4v) is 2.59. The van der Waals surface area contributed by atoms with Crippen molar-refractivity contribution in [3.8, 4) is 0 Å². The van der Waals surface area contributed by atoms with Crippen LogP contribution in [0.25, 0.3) is 0 Å². The molecule has 0 aliphatic rings. The first-order valence-electron chi connectivity index (χ1n) is 5.21. The first-order chi connectivity index (χ1) is 8.47. The van der Waals surface area contributed by atoms with Crippen LogP contribution in [0.4, 0.5) is 5.13 Å². The zero-order valence-corrected chi connectivity index (χ0v) is 12.3. The van der Waals surface area contributed by atoms with Gasteiger partial charge in [0.25, 0.3) is 5.91 Å². The highest BCUT2D eigenvalue weighted by Crippen LogP contribution is 2.24. The minimum Gasteiger partial charge on any atom is -0.298 e. The van der Waals surface area contributed by atoms with Crippen molar-refractivity contribution in [3.63, 3.8) is 0 Å². The number of carbonyl (C=O) groups is 1. The summed E-state index contributed by atoms with van der Waals surface area (Å²) in [4.78, 5) is 18.1. The smallest absolute Gasteiger partial charge is 0.258 e. The van der Waals surface area contributed by atoms with Gasteiger partial charge in [-0.1, -0.05) is 11.6 Å². The molecule has 0 bridgehead atoms. The summed E-state index contributed by atoms with van der Waals surface area (Å²) in [7, 11) is 0. The topological polar surface area (TPSA) is 42.0 Å². The van der Waals surface area contributed by atoms with Crippen molar-refractivity contribution in [1.82, 2.24) is 4.98 Å². The van der Waals surface area contributed by atoms with Crippen molar-refractivity contribution >= 4 is 46.6 Å². The van der Waals surface area contributed by atoms with E-state index in [-0.39, 0.29) is 5.91 Å². The zero-order chi connectivity index (χ0) is 13.3. The molecule has 1 amide bonds. The maximum atomic E-state index is 12.0. The average Bonchev–Trinajstić information content (AvgIpc) is 2.61. The van der Waals surface area contributed by atoms with Crippen LogP contribution in [0.2, 0.25) is 5.02 Å². The lowest BCUT2D eigenvalue weighted by molar-refractivity contribution is 0.102. The summed E-state index contributed by atoms with van der Waals surface area (Å²) in [5, 5.41) is 3.72. The number of aryl methyl sites for hydroxylation is 2. The molecule has 1 heterocycles. The highest BCUT2D eigenvalue weighted by atomic mass is 35.5. The number of hydrogen-bond acceptors (Lipinski definition) is 4. The van der Waals surface area contributed by atoms with Gasteiger partial charge in [-0.15, -0.1) is 24.0 Å². The first-order valence-corrected chi connectivity index (χ1v) is 6.85. The van der Waals surface area contributed by atoms with Gasteiger partial charge < -0.3 is 0 Å². The van der Waals surface area contributed by atoms with Gasteiger partial charge in [0, 0.05) is 9.77 Å². The van der Waals surface area contributed by atoms with Gasteiger partial charge in [0.2, 0.25) is 0 Å². The fourth-order valence-electron chi connectivity index (χ4n) is 1.38. The Morgan fingerprint density at radius 1 is 1.44 bits per heavy atom. The van der Waals surface area contributed by atoms with Crippen molar-refractivity contribution in [3.05, 3.63) is 39.4 Å². The SMILES string of the molecule is Cc1nc(NC(=O)c2cc(S)ccc2Cl)sc1C. The maximum absolute atomic E-state index is 12.0. The van der Waals surface area contributed by atoms with Crippen LogP contribution in [-0.2, 0) is 0 Å². The van der Waals surface area contributed by atoms with E-state index in [9.17, 15) is 4.79 Å². The molecule has 0 radical (unpaired) electrons. The number of thiol groups is 1. The molecule has 94 valence electrons. The molecule has 1 N–H and O–H groups in total. The number of halogens is 1. The highest BCUT2D eigenvalue weighted by Gasteiger charge is 2.13. The van der Waals surface area contributed by atoms with Gasteiger partial charge >= 0.3 is 0 Å². The summed E-state index contributed by atoms with van der Waals surface area (Å²) >= 11 is 11.6. The van der Waals surface area contributed by atoms with Gasteiger partial charge in [0.1, 0.15) is 0 Å². The number of nitrogens with zero attached hydrogens (tertiary/aromatic N) is 1. The van der Waals surface area contributed by atoms with Crippen LogP contribution < -0.4 is 5.32 Å². The predicted octanol–water partition coefficient (Wildman–Crippen LogP) is 3.95. The summed E-state index contributed by atoms with van der Waals surface area (Å²) in [6, 6.07) is 5.02. The minimum absolute atomic E-state index is 0.273. The first kappa shape index (κ1) is 13.4. The van der Waals surface area contributed by atoms with Crippen molar-refractivity contribution in [2.75, 3.05) is 5.32 Å². The molecule has 1 aromatic carbocycles. The molecule has 6 heteroatoms. The van der Waals surface area contributed by atoms with Crippen molar-refractivity contribution in [2.24, 2.45) is 0 Å². The van der Waals surface area contributed by atoms with E-state index in [0.29, 0.717) is 20.6 Å². The second-order valence-electron chi connectivity index (χ2n) is 3.78. The van der Waals surface area contributed by atoms with Crippen molar-refractivity contribution in [1.29, 1.82) is 0 Å². The van der Waals surface area contributed by atoms with E-state index in [1.54, 1.807) is 18.2 Å². The Balaban J connectivity index is 2.24. The van der Waals surface area contributed by atoms with E-state index < -0.39 is 0 Å². The van der Waals surface area contributed by atoms with Crippen LogP contribution in [0, 0.1) is 13.8 Å². The third kappa shape index (κ3) is 2.85. The summed E-state index contributed by atoms with van der Waals surface area (Å²) in [6.07, 6.45) is 0. The lowest BCUT2D eigenvalue weighted by atomic mass is 10.2. The molecule has 0 saturated carbocycles. The summed E-state index contributed by atoms with van der Waals surface area (Å²) in [6.45, 7) is 3.87. The number of thiazole rings is 1. The van der Waals surface area contributed by atoms with E-state index in [1.807, 2.05) is 13.8 Å². The van der Waals surface area contributed by atoms with Gasteiger partial charge in [-0.3, -0.25) is 10.1 Å². The number of carbonyl (C=O) groups excluding carboxylic acids is 1. The number of aromatic nitrogens is 1. The number of rotatable bonds is 2. The molecule has 2 rings (SSSR count). The Hall–Kier alpha value is -1.04. The van der Waals surface area contributed by atoms with E-state index in [0.717, 1.165) is 10.6 Å². The fraction of sp³-hybridized carbons (Fsp3) is 0.167. The lowest BCUT2D eigenvalue weighted by Gasteiger charge is -2.04. The summed E-state index contributed by atoms with van der Waals surface area (Å²) in [5.74, 6) is -0.273. The van der Waals surface area contributed by atoms with Crippen LogP contribution >= 0.6 is 35.6 Å². The lowest BCUT2D eigenvalue weighted by Crippen LogP contribution is -2.12. The molecule has 2 aromatic rings. The van der Waals surface area contributed by atoms with Crippen molar-refractivity contribution < 1.29 is 4.79 Å².